The molecule has 1 saturated heterocycles. The summed E-state index contributed by atoms with van der Waals surface area (Å²) in [6.07, 6.45) is 10.7. The van der Waals surface area contributed by atoms with Crippen LogP contribution in [0.2, 0.25) is 0 Å². The van der Waals surface area contributed by atoms with Gasteiger partial charge in [-0.25, -0.2) is 0 Å². The van der Waals surface area contributed by atoms with Crippen molar-refractivity contribution in [3.63, 3.8) is 0 Å². The normalized spacial score (nSPS) is 14.8. The molecule has 0 aromatic rings. The SMILES string of the molecule is C=CCC.CCC(Br)CBr.CCC(O)CBr.CCC(O)CO.CCC1CO1.CCCCNC.CCCCS(=O)(=O)O. The Morgan fingerprint density at radius 1 is 0.951 bits per heavy atom. The highest BCUT2D eigenvalue weighted by Gasteiger charge is 2.18. The maximum absolute atomic E-state index is 9.95. The molecule has 8 nitrogen and oxygen atoms in total. The summed E-state index contributed by atoms with van der Waals surface area (Å²) >= 11 is 9.88. The summed E-state index contributed by atoms with van der Waals surface area (Å²) in [5, 5.41) is 29.9. The van der Waals surface area contributed by atoms with E-state index < -0.39 is 16.2 Å². The maximum Gasteiger partial charge on any atom is 0.264 e. The summed E-state index contributed by atoms with van der Waals surface area (Å²) < 4.78 is 32.9. The number of alkyl halides is 3. The smallest absolute Gasteiger partial charge is 0.264 e. The van der Waals surface area contributed by atoms with E-state index >= 15 is 0 Å². The van der Waals surface area contributed by atoms with Crippen molar-refractivity contribution in [2.45, 2.75) is 129 Å². The van der Waals surface area contributed by atoms with Gasteiger partial charge in [0.05, 0.1) is 37.3 Å². The van der Waals surface area contributed by atoms with Crippen LogP contribution in [0.3, 0.4) is 0 Å². The van der Waals surface area contributed by atoms with E-state index in [0.29, 0.717) is 29.1 Å². The van der Waals surface area contributed by atoms with E-state index in [2.05, 4.69) is 87.4 Å². The predicted octanol–water partition coefficient (Wildman–Crippen LogP) is 7.51. The van der Waals surface area contributed by atoms with Crippen molar-refractivity contribution in [1.82, 2.24) is 5.32 Å². The molecule has 256 valence electrons. The van der Waals surface area contributed by atoms with Crippen LogP contribution < -0.4 is 5.32 Å². The Bertz CT molecular complexity index is 505. The van der Waals surface area contributed by atoms with Gasteiger partial charge in [-0.15, -0.1) is 6.58 Å². The molecule has 1 heterocycles. The van der Waals surface area contributed by atoms with Crippen LogP contribution in [0.4, 0.5) is 0 Å². The molecule has 0 spiro atoms. The fourth-order valence-corrected chi connectivity index (χ4v) is 2.90. The zero-order chi connectivity index (χ0) is 33.5. The highest BCUT2D eigenvalue weighted by Crippen LogP contribution is 2.11. The Hall–Kier alpha value is 0.890. The monoisotopic (exact) mass is 809 g/mol. The van der Waals surface area contributed by atoms with E-state index in [1.54, 1.807) is 0 Å². The number of ether oxygens (including phenoxy) is 1. The van der Waals surface area contributed by atoms with Crippen molar-refractivity contribution in [1.29, 1.82) is 0 Å². The number of nitrogens with one attached hydrogen (secondary N) is 1. The zero-order valence-electron chi connectivity index (χ0n) is 27.3. The molecule has 4 atom stereocenters. The zero-order valence-corrected chi connectivity index (χ0v) is 32.8. The highest BCUT2D eigenvalue weighted by molar-refractivity contribution is 9.12. The number of rotatable bonds is 14. The van der Waals surface area contributed by atoms with Gasteiger partial charge < -0.3 is 25.4 Å². The van der Waals surface area contributed by atoms with Crippen molar-refractivity contribution >= 4 is 57.9 Å². The number of halogens is 3. The largest absolute Gasteiger partial charge is 0.394 e. The summed E-state index contributed by atoms with van der Waals surface area (Å²) in [4.78, 5) is 0.664. The van der Waals surface area contributed by atoms with Gasteiger partial charge in [-0.2, -0.15) is 8.42 Å². The van der Waals surface area contributed by atoms with E-state index in [4.69, 9.17) is 24.6 Å². The number of aliphatic hydroxyl groups excluding tert-OH is 3. The third-order valence-electron chi connectivity index (χ3n) is 4.62. The lowest BCUT2D eigenvalue weighted by molar-refractivity contribution is 0.0923. The molecule has 0 radical (unpaired) electrons. The van der Waals surface area contributed by atoms with E-state index in [0.717, 1.165) is 37.7 Å². The number of epoxide rings is 1. The molecular weight excluding hydrogens is 746 g/mol. The standard InChI is InChI=1S/C5H13N.C4H8Br2.C4H9BrO.C4H10O3S.C4H10O2.C4H8O.C4H8/c1-3-4-5-6-2;2*1-2-4(6)3-5;1-2-3-4-8(5,6)7;1-2-4(6)3-5;1-2-4-3-5-4;1-3-4-2/h6H,3-5H2,1-2H3;4H,2-3H2,1H3;4,6H,2-3H2,1H3;2-4H2,1H3,(H,5,6,7);4-6H,2-3H2,1H3;4H,2-3H2,1H3;3H,1,4H2,2H3. The molecule has 0 amide bonds. The summed E-state index contributed by atoms with van der Waals surface area (Å²) in [5.74, 6) is -0.108. The van der Waals surface area contributed by atoms with Crippen LogP contribution in [0, 0.1) is 0 Å². The molecule has 0 bridgehead atoms. The minimum atomic E-state index is -3.69. The van der Waals surface area contributed by atoms with Crippen LogP contribution in [0.1, 0.15) is 106 Å². The van der Waals surface area contributed by atoms with Crippen molar-refractivity contribution in [2.24, 2.45) is 0 Å². The van der Waals surface area contributed by atoms with E-state index in [1.807, 2.05) is 33.9 Å². The van der Waals surface area contributed by atoms with Crippen molar-refractivity contribution < 1.29 is 33.0 Å². The first-order chi connectivity index (χ1) is 19.2. The van der Waals surface area contributed by atoms with Gasteiger partial charge in [-0.05, 0) is 58.5 Å². The van der Waals surface area contributed by atoms with Crippen LogP contribution in [0.15, 0.2) is 12.7 Å². The lowest BCUT2D eigenvalue weighted by atomic mass is 10.3. The maximum atomic E-state index is 9.95. The fraction of sp³-hybridized carbons (Fsp3) is 0.931. The molecule has 1 aliphatic heterocycles. The molecule has 0 aromatic heterocycles. The van der Waals surface area contributed by atoms with Gasteiger partial charge in [0.1, 0.15) is 0 Å². The number of hydrogen-bond acceptors (Lipinski definition) is 7. The predicted molar refractivity (Wildman–Crippen MR) is 191 cm³/mol. The Kier molecular flexibility index (Phi) is 63.4. The van der Waals surface area contributed by atoms with Gasteiger partial charge in [-0.3, -0.25) is 4.55 Å². The van der Waals surface area contributed by atoms with Gasteiger partial charge in [0.15, 0.2) is 0 Å². The Labute approximate surface area is 280 Å². The van der Waals surface area contributed by atoms with Gasteiger partial charge in [0.2, 0.25) is 0 Å². The third kappa shape index (κ3) is 85.5. The van der Waals surface area contributed by atoms with Gasteiger partial charge in [0.25, 0.3) is 10.1 Å². The van der Waals surface area contributed by atoms with Crippen molar-refractivity contribution in [3.8, 4) is 0 Å². The molecule has 1 rings (SSSR count). The summed E-state index contributed by atoms with van der Waals surface area (Å²) in [7, 11) is -1.70. The van der Waals surface area contributed by atoms with Gasteiger partial charge >= 0.3 is 0 Å². The third-order valence-corrected chi connectivity index (χ3v) is 8.80. The first-order valence-corrected chi connectivity index (χ1v) is 19.6. The average Bonchev–Trinajstić information content (AvgIpc) is 3.84. The average molecular weight is 813 g/mol. The molecule has 0 aliphatic carbocycles. The highest BCUT2D eigenvalue weighted by atomic mass is 79.9. The first-order valence-electron chi connectivity index (χ1n) is 14.8. The molecule has 0 aromatic carbocycles. The topological polar surface area (TPSA) is 140 Å². The second kappa shape index (κ2) is 47.8. The number of aliphatic hydroxyl groups is 3. The lowest BCUT2D eigenvalue weighted by Crippen LogP contribution is -2.08. The molecule has 5 N–H and O–H groups in total. The van der Waals surface area contributed by atoms with Crippen molar-refractivity contribution in [2.75, 3.05) is 43.2 Å². The quantitative estimate of drug-likeness (QED) is 0.0400. The minimum Gasteiger partial charge on any atom is -0.394 e. The first kappa shape index (κ1) is 54.4. The number of unbranched alkanes of at least 4 members (excludes halogenated alkanes) is 2. The Morgan fingerprint density at radius 3 is 1.46 bits per heavy atom. The Balaban J connectivity index is -0.0000000878. The number of hydrogen-bond donors (Lipinski definition) is 5. The fourth-order valence-electron chi connectivity index (χ4n) is 1.33. The van der Waals surface area contributed by atoms with E-state index in [-0.39, 0.29) is 18.5 Å². The van der Waals surface area contributed by atoms with Crippen LogP contribution >= 0.6 is 47.8 Å². The van der Waals surface area contributed by atoms with Crippen LogP contribution in [-0.2, 0) is 14.9 Å². The summed E-state index contributed by atoms with van der Waals surface area (Å²) in [6.45, 7) is 19.7. The van der Waals surface area contributed by atoms with Crippen LogP contribution in [-0.4, -0.2) is 94.6 Å². The van der Waals surface area contributed by atoms with Crippen LogP contribution in [0.25, 0.3) is 0 Å². The van der Waals surface area contributed by atoms with Gasteiger partial charge in [-0.1, -0.05) is 115 Å². The number of allylic oxidation sites excluding steroid dienone is 1. The van der Waals surface area contributed by atoms with Crippen molar-refractivity contribution in [3.05, 3.63) is 12.7 Å². The Morgan fingerprint density at radius 2 is 1.41 bits per heavy atom. The molecule has 0 saturated carbocycles. The molecule has 12 heteroatoms. The lowest BCUT2D eigenvalue weighted by Gasteiger charge is -1.97. The van der Waals surface area contributed by atoms with Crippen LogP contribution in [0.5, 0.6) is 0 Å². The summed E-state index contributed by atoms with van der Waals surface area (Å²) in [6, 6.07) is 0. The second-order valence-electron chi connectivity index (χ2n) is 8.78. The molecular formula is C29H66Br3NO7S. The minimum absolute atomic E-state index is 0.108. The van der Waals surface area contributed by atoms with Gasteiger partial charge in [0, 0.05) is 15.5 Å². The van der Waals surface area contributed by atoms with E-state index in [9.17, 15) is 8.42 Å². The summed E-state index contributed by atoms with van der Waals surface area (Å²) in [5.41, 5.74) is 0. The molecule has 1 aliphatic rings. The molecule has 4 unspecified atom stereocenters. The molecule has 1 fully saturated rings. The van der Waals surface area contributed by atoms with E-state index in [1.165, 1.54) is 25.7 Å². The second-order valence-corrected chi connectivity index (χ2v) is 12.9. The molecule has 41 heavy (non-hydrogen) atoms.